The van der Waals surface area contributed by atoms with Gasteiger partial charge in [0.05, 0.1) is 12.5 Å². The molecule has 176 valence electrons. The van der Waals surface area contributed by atoms with Crippen molar-refractivity contribution in [2.45, 2.75) is 50.4 Å². The van der Waals surface area contributed by atoms with E-state index in [4.69, 9.17) is 27.4 Å². The number of nitrogens with two attached hydrogens (primary N) is 3. The zero-order valence-electron chi connectivity index (χ0n) is 16.9. The second-order valence-electron chi connectivity index (χ2n) is 6.53. The fourth-order valence-electron chi connectivity index (χ4n) is 2.19. The molecule has 0 fully saturated rings. The minimum atomic E-state index is -1.39. The van der Waals surface area contributed by atoms with E-state index < -0.39 is 60.2 Å². The van der Waals surface area contributed by atoms with Crippen LogP contribution in [0.15, 0.2) is 4.99 Å². The Labute approximate surface area is 183 Å². The van der Waals surface area contributed by atoms with E-state index in [1.807, 2.05) is 0 Å². The summed E-state index contributed by atoms with van der Waals surface area (Å²) in [4.78, 5) is 62.3. The van der Waals surface area contributed by atoms with Crippen LogP contribution in [0.3, 0.4) is 0 Å². The summed E-state index contributed by atoms with van der Waals surface area (Å²) in [5.74, 6) is -5.31. The third-order valence-corrected chi connectivity index (χ3v) is 4.22. The second kappa shape index (κ2) is 14.0. The summed E-state index contributed by atoms with van der Waals surface area (Å²) in [6.07, 6.45) is -0.323. The van der Waals surface area contributed by atoms with Crippen molar-refractivity contribution in [1.82, 2.24) is 16.0 Å². The zero-order valence-corrected chi connectivity index (χ0v) is 17.8. The lowest BCUT2D eigenvalue weighted by Gasteiger charge is -2.23. The Morgan fingerprint density at radius 1 is 0.968 bits per heavy atom. The van der Waals surface area contributed by atoms with E-state index in [2.05, 4.69) is 33.6 Å². The van der Waals surface area contributed by atoms with Gasteiger partial charge >= 0.3 is 11.9 Å². The molecule has 0 aromatic rings. The summed E-state index contributed by atoms with van der Waals surface area (Å²) < 4.78 is 0. The average Bonchev–Trinajstić information content (AvgIpc) is 2.66. The standard InChI is InChI=1S/C16H29N7O7S/c1-7(12(26)23-10(6-31)15(29)30)21-14(28)9(3-2-4-20-16(18)19)22-13(27)8(17)5-11(24)25/h7-10,31H,2-6,17H2,1H3,(H,21,28)(H,22,27)(H,23,26)(H,24,25)(H,29,30)(H4,18,19,20). The fourth-order valence-corrected chi connectivity index (χ4v) is 2.44. The summed E-state index contributed by atoms with van der Waals surface area (Å²) in [7, 11) is 0. The first-order valence-electron chi connectivity index (χ1n) is 9.16. The maximum absolute atomic E-state index is 12.6. The predicted molar refractivity (Wildman–Crippen MR) is 113 cm³/mol. The Morgan fingerprint density at radius 2 is 1.55 bits per heavy atom. The van der Waals surface area contributed by atoms with Crippen LogP contribution in [0.2, 0.25) is 0 Å². The van der Waals surface area contributed by atoms with Crippen LogP contribution in [0, 0.1) is 0 Å². The molecule has 14 nitrogen and oxygen atoms in total. The molecule has 15 heteroatoms. The Morgan fingerprint density at radius 3 is 2.03 bits per heavy atom. The van der Waals surface area contributed by atoms with Crippen molar-refractivity contribution in [3.8, 4) is 0 Å². The molecule has 0 aromatic heterocycles. The van der Waals surface area contributed by atoms with Gasteiger partial charge in [-0.05, 0) is 19.8 Å². The largest absolute Gasteiger partial charge is 0.481 e. The number of carbonyl (C=O) groups excluding carboxylic acids is 3. The summed E-state index contributed by atoms with van der Waals surface area (Å²) >= 11 is 3.83. The van der Waals surface area contributed by atoms with Crippen LogP contribution in [0.4, 0.5) is 0 Å². The number of thiol groups is 1. The molecule has 31 heavy (non-hydrogen) atoms. The van der Waals surface area contributed by atoms with Crippen LogP contribution in [-0.4, -0.2) is 82.3 Å². The van der Waals surface area contributed by atoms with Crippen LogP contribution in [0.5, 0.6) is 0 Å². The molecule has 0 aliphatic rings. The van der Waals surface area contributed by atoms with Gasteiger partial charge in [-0.3, -0.25) is 24.2 Å². The van der Waals surface area contributed by atoms with Crippen molar-refractivity contribution < 1.29 is 34.2 Å². The molecule has 0 saturated carbocycles. The van der Waals surface area contributed by atoms with Gasteiger partial charge in [0.15, 0.2) is 5.96 Å². The molecular formula is C16H29N7O7S. The highest BCUT2D eigenvalue weighted by molar-refractivity contribution is 7.80. The second-order valence-corrected chi connectivity index (χ2v) is 6.89. The van der Waals surface area contributed by atoms with Gasteiger partial charge in [-0.25, -0.2) is 4.79 Å². The van der Waals surface area contributed by atoms with Crippen molar-refractivity contribution in [3.05, 3.63) is 0 Å². The molecule has 4 atom stereocenters. The molecule has 0 aromatic carbocycles. The molecule has 3 amide bonds. The van der Waals surface area contributed by atoms with Gasteiger partial charge in [-0.2, -0.15) is 12.6 Å². The zero-order chi connectivity index (χ0) is 24.1. The Balaban J connectivity index is 5.13. The van der Waals surface area contributed by atoms with Crippen LogP contribution in [-0.2, 0) is 24.0 Å². The number of guanidine groups is 1. The Kier molecular flexibility index (Phi) is 12.6. The number of hydrogen-bond donors (Lipinski definition) is 9. The minimum absolute atomic E-state index is 0.0525. The number of carboxylic acids is 2. The lowest BCUT2D eigenvalue weighted by atomic mass is 10.1. The monoisotopic (exact) mass is 463 g/mol. The summed E-state index contributed by atoms with van der Waals surface area (Å²) in [5.41, 5.74) is 15.9. The van der Waals surface area contributed by atoms with Crippen LogP contribution in [0.1, 0.15) is 26.2 Å². The molecule has 0 aliphatic heterocycles. The highest BCUT2D eigenvalue weighted by Gasteiger charge is 2.28. The third kappa shape index (κ3) is 11.6. The lowest BCUT2D eigenvalue weighted by Crippen LogP contribution is -2.56. The highest BCUT2D eigenvalue weighted by Crippen LogP contribution is 2.02. The normalized spacial score (nSPS) is 14.3. The van der Waals surface area contributed by atoms with E-state index in [0.29, 0.717) is 0 Å². The highest BCUT2D eigenvalue weighted by atomic mass is 32.1. The number of carboxylic acid groups (broad SMARTS) is 2. The molecule has 0 radical (unpaired) electrons. The first-order valence-corrected chi connectivity index (χ1v) is 9.79. The molecule has 0 spiro atoms. The number of carbonyl (C=O) groups is 5. The summed E-state index contributed by atoms with van der Waals surface area (Å²) in [6, 6.07) is -4.95. The van der Waals surface area contributed by atoms with Crippen molar-refractivity contribution in [1.29, 1.82) is 0 Å². The lowest BCUT2D eigenvalue weighted by molar-refractivity contribution is -0.141. The van der Waals surface area contributed by atoms with Gasteiger partial charge in [0.25, 0.3) is 0 Å². The van der Waals surface area contributed by atoms with E-state index >= 15 is 0 Å². The van der Waals surface area contributed by atoms with Gasteiger partial charge in [0, 0.05) is 12.3 Å². The molecule has 0 aliphatic carbocycles. The minimum Gasteiger partial charge on any atom is -0.481 e. The summed E-state index contributed by atoms with van der Waals surface area (Å²) in [6.45, 7) is 1.47. The average molecular weight is 464 g/mol. The van der Waals surface area contributed by atoms with E-state index in [9.17, 15) is 24.0 Å². The molecule has 0 heterocycles. The first-order chi connectivity index (χ1) is 14.4. The first kappa shape index (κ1) is 27.9. The maximum Gasteiger partial charge on any atom is 0.327 e. The maximum atomic E-state index is 12.6. The van der Waals surface area contributed by atoms with E-state index in [-0.39, 0.29) is 31.1 Å². The predicted octanol–water partition coefficient (Wildman–Crippen LogP) is -3.67. The van der Waals surface area contributed by atoms with Crippen molar-refractivity contribution in [2.75, 3.05) is 12.3 Å². The Hall–Kier alpha value is -3.07. The number of aliphatic imine (C=N–C) groups is 1. The Bertz CT molecular complexity index is 700. The smallest absolute Gasteiger partial charge is 0.327 e. The molecule has 0 rings (SSSR count). The van der Waals surface area contributed by atoms with Crippen LogP contribution in [0.25, 0.3) is 0 Å². The van der Waals surface area contributed by atoms with Gasteiger partial charge in [0.2, 0.25) is 17.7 Å². The molecule has 0 bridgehead atoms. The van der Waals surface area contributed by atoms with E-state index in [1.54, 1.807) is 0 Å². The fraction of sp³-hybridized carbons (Fsp3) is 0.625. The van der Waals surface area contributed by atoms with Gasteiger partial charge < -0.3 is 43.4 Å². The quantitative estimate of drug-likeness (QED) is 0.0528. The molecule has 0 saturated heterocycles. The van der Waals surface area contributed by atoms with Gasteiger partial charge in [-0.1, -0.05) is 0 Å². The number of hydrogen-bond acceptors (Lipinski definition) is 8. The topological polar surface area (TPSA) is 252 Å². The molecule has 11 N–H and O–H groups in total. The number of amides is 3. The van der Waals surface area contributed by atoms with Crippen molar-refractivity contribution in [2.24, 2.45) is 22.2 Å². The number of nitrogens with zero attached hydrogens (tertiary/aromatic N) is 1. The van der Waals surface area contributed by atoms with Gasteiger partial charge in [0.1, 0.15) is 18.1 Å². The third-order valence-electron chi connectivity index (χ3n) is 3.86. The molecule has 4 unspecified atom stereocenters. The van der Waals surface area contributed by atoms with E-state index in [0.717, 1.165) is 0 Å². The van der Waals surface area contributed by atoms with Crippen LogP contribution < -0.4 is 33.2 Å². The van der Waals surface area contributed by atoms with Crippen molar-refractivity contribution >= 4 is 48.2 Å². The summed E-state index contributed by atoms with van der Waals surface area (Å²) in [5, 5.41) is 24.6. The number of aliphatic carboxylic acids is 2. The SMILES string of the molecule is CC(NC(=O)C(CCCN=C(N)N)NC(=O)C(N)CC(=O)O)C(=O)NC(CS)C(=O)O. The van der Waals surface area contributed by atoms with E-state index in [1.165, 1.54) is 6.92 Å². The number of nitrogens with one attached hydrogen (secondary N) is 3. The van der Waals surface area contributed by atoms with Gasteiger partial charge in [-0.15, -0.1) is 0 Å². The van der Waals surface area contributed by atoms with Crippen LogP contribution >= 0.6 is 12.6 Å². The van der Waals surface area contributed by atoms with Crippen molar-refractivity contribution in [3.63, 3.8) is 0 Å². The molecular weight excluding hydrogens is 434 g/mol. The number of rotatable bonds is 14.